The summed E-state index contributed by atoms with van der Waals surface area (Å²) in [7, 11) is 1.35. The standard InChI is InChI=1S/C20H30N2O4/c1-14(15-9-7-6-8-10-15)21-17-11-12-22(19(24)25-5)13-16(17)18(23)26-20(2,3)4/h6-10,14,16-17,21H,11-13H2,1-5H3. The van der Waals surface area contributed by atoms with E-state index in [1.165, 1.54) is 7.11 Å². The topological polar surface area (TPSA) is 67.9 Å². The van der Waals surface area contributed by atoms with Gasteiger partial charge in [0.2, 0.25) is 0 Å². The van der Waals surface area contributed by atoms with Crippen LogP contribution in [0.1, 0.15) is 45.7 Å². The van der Waals surface area contributed by atoms with Gasteiger partial charge >= 0.3 is 12.1 Å². The molecule has 1 amide bonds. The summed E-state index contributed by atoms with van der Waals surface area (Å²) in [6.45, 7) is 8.46. The van der Waals surface area contributed by atoms with Crippen LogP contribution in [0.25, 0.3) is 0 Å². The maximum atomic E-state index is 12.8. The van der Waals surface area contributed by atoms with Crippen LogP contribution in [0, 0.1) is 5.92 Å². The van der Waals surface area contributed by atoms with Crippen molar-refractivity contribution in [1.29, 1.82) is 0 Å². The molecule has 1 aromatic carbocycles. The fourth-order valence-electron chi connectivity index (χ4n) is 3.22. The van der Waals surface area contributed by atoms with Crippen molar-refractivity contribution in [2.24, 2.45) is 5.92 Å². The molecule has 1 fully saturated rings. The molecule has 0 saturated carbocycles. The normalized spacial score (nSPS) is 21.8. The first-order valence-corrected chi connectivity index (χ1v) is 9.08. The molecule has 144 valence electrons. The number of esters is 1. The number of nitrogens with one attached hydrogen (secondary N) is 1. The van der Waals surface area contributed by atoms with Crippen molar-refractivity contribution in [2.45, 2.75) is 51.8 Å². The van der Waals surface area contributed by atoms with Crippen LogP contribution >= 0.6 is 0 Å². The second-order valence-corrected chi connectivity index (χ2v) is 7.75. The lowest BCUT2D eigenvalue weighted by Gasteiger charge is -2.39. The number of likely N-dealkylation sites (tertiary alicyclic amines) is 1. The molecule has 26 heavy (non-hydrogen) atoms. The molecule has 0 aromatic heterocycles. The molecule has 3 unspecified atom stereocenters. The number of hydrogen-bond acceptors (Lipinski definition) is 5. The van der Waals surface area contributed by atoms with Gasteiger partial charge in [-0.3, -0.25) is 4.79 Å². The molecule has 0 bridgehead atoms. The quantitative estimate of drug-likeness (QED) is 0.834. The van der Waals surface area contributed by atoms with Gasteiger partial charge in [0.15, 0.2) is 0 Å². The summed E-state index contributed by atoms with van der Waals surface area (Å²) in [5.41, 5.74) is 0.589. The first-order valence-electron chi connectivity index (χ1n) is 9.08. The molecule has 1 aliphatic rings. The SMILES string of the molecule is COC(=O)N1CCC(NC(C)c2ccccc2)C(C(=O)OC(C)(C)C)C1. The highest BCUT2D eigenvalue weighted by Gasteiger charge is 2.39. The Labute approximate surface area is 155 Å². The maximum absolute atomic E-state index is 12.8. The number of ether oxygens (including phenoxy) is 2. The van der Waals surface area contributed by atoms with Crippen LogP contribution in [0.2, 0.25) is 0 Å². The molecule has 0 aliphatic carbocycles. The lowest BCUT2D eigenvalue weighted by atomic mass is 9.90. The van der Waals surface area contributed by atoms with E-state index in [1.54, 1.807) is 4.90 Å². The highest BCUT2D eigenvalue weighted by Crippen LogP contribution is 2.25. The first kappa shape index (κ1) is 20.2. The minimum atomic E-state index is -0.569. The van der Waals surface area contributed by atoms with Gasteiger partial charge in [-0.1, -0.05) is 30.3 Å². The molecular formula is C20H30N2O4. The molecule has 6 nitrogen and oxygen atoms in total. The Balaban J connectivity index is 2.13. The van der Waals surface area contributed by atoms with Gasteiger partial charge in [0, 0.05) is 25.2 Å². The van der Waals surface area contributed by atoms with Crippen molar-refractivity contribution in [3.05, 3.63) is 35.9 Å². The molecule has 1 heterocycles. The zero-order chi connectivity index (χ0) is 19.3. The Morgan fingerprint density at radius 1 is 1.23 bits per heavy atom. The molecule has 1 N–H and O–H groups in total. The molecule has 0 radical (unpaired) electrons. The molecule has 1 aromatic rings. The second-order valence-electron chi connectivity index (χ2n) is 7.75. The van der Waals surface area contributed by atoms with Gasteiger partial charge < -0.3 is 19.7 Å². The summed E-state index contributed by atoms with van der Waals surface area (Å²) in [6, 6.07) is 10.1. The van der Waals surface area contributed by atoms with Crippen molar-refractivity contribution >= 4 is 12.1 Å². The lowest BCUT2D eigenvalue weighted by Crippen LogP contribution is -2.55. The molecule has 3 atom stereocenters. The van der Waals surface area contributed by atoms with Gasteiger partial charge in [-0.25, -0.2) is 4.79 Å². The smallest absolute Gasteiger partial charge is 0.409 e. The Bertz CT molecular complexity index is 612. The Hall–Kier alpha value is -2.08. The van der Waals surface area contributed by atoms with Gasteiger partial charge in [0.1, 0.15) is 5.60 Å². The van der Waals surface area contributed by atoms with E-state index in [-0.39, 0.29) is 18.1 Å². The van der Waals surface area contributed by atoms with E-state index in [9.17, 15) is 9.59 Å². The number of rotatable bonds is 4. The van der Waals surface area contributed by atoms with Crippen LogP contribution < -0.4 is 5.32 Å². The van der Waals surface area contributed by atoms with Crippen LogP contribution in [0.15, 0.2) is 30.3 Å². The Morgan fingerprint density at radius 2 is 1.88 bits per heavy atom. The number of nitrogens with zero attached hydrogens (tertiary/aromatic N) is 1. The lowest BCUT2D eigenvalue weighted by molar-refractivity contribution is -0.162. The monoisotopic (exact) mass is 362 g/mol. The number of carbonyl (C=O) groups is 2. The minimum absolute atomic E-state index is 0.0686. The Kier molecular flexibility index (Phi) is 6.64. The molecule has 2 rings (SSSR count). The van der Waals surface area contributed by atoms with E-state index >= 15 is 0 Å². The first-order chi connectivity index (χ1) is 12.2. The van der Waals surface area contributed by atoms with Crippen molar-refractivity contribution in [2.75, 3.05) is 20.2 Å². The third-order valence-corrected chi connectivity index (χ3v) is 4.52. The summed E-state index contributed by atoms with van der Waals surface area (Å²) in [4.78, 5) is 26.2. The van der Waals surface area contributed by atoms with Crippen LogP contribution in [0.5, 0.6) is 0 Å². The highest BCUT2D eigenvalue weighted by atomic mass is 16.6. The van der Waals surface area contributed by atoms with Crippen molar-refractivity contribution in [3.8, 4) is 0 Å². The van der Waals surface area contributed by atoms with E-state index < -0.39 is 17.6 Å². The van der Waals surface area contributed by atoms with Gasteiger partial charge in [0.05, 0.1) is 13.0 Å². The summed E-state index contributed by atoms with van der Waals surface area (Å²) in [6.07, 6.45) is 0.254. The molecule has 0 spiro atoms. The average Bonchev–Trinajstić information content (AvgIpc) is 2.60. The summed E-state index contributed by atoms with van der Waals surface area (Å²) < 4.78 is 10.4. The maximum Gasteiger partial charge on any atom is 0.409 e. The van der Waals surface area contributed by atoms with E-state index in [1.807, 2.05) is 39.0 Å². The number of methoxy groups -OCH3 is 1. The number of benzene rings is 1. The number of piperidine rings is 1. The zero-order valence-corrected chi connectivity index (χ0v) is 16.3. The van der Waals surface area contributed by atoms with E-state index in [0.717, 1.165) is 5.56 Å². The van der Waals surface area contributed by atoms with Crippen LogP contribution in [0.3, 0.4) is 0 Å². The summed E-state index contributed by atoms with van der Waals surface area (Å²) in [5, 5.41) is 3.55. The molecule has 6 heteroatoms. The minimum Gasteiger partial charge on any atom is -0.460 e. The van der Waals surface area contributed by atoms with Gasteiger partial charge in [-0.15, -0.1) is 0 Å². The van der Waals surface area contributed by atoms with E-state index in [0.29, 0.717) is 19.5 Å². The fraction of sp³-hybridized carbons (Fsp3) is 0.600. The zero-order valence-electron chi connectivity index (χ0n) is 16.3. The molecular weight excluding hydrogens is 332 g/mol. The van der Waals surface area contributed by atoms with Gasteiger partial charge in [0.25, 0.3) is 0 Å². The fourth-order valence-corrected chi connectivity index (χ4v) is 3.22. The van der Waals surface area contributed by atoms with Gasteiger partial charge in [-0.2, -0.15) is 0 Å². The van der Waals surface area contributed by atoms with Crippen LogP contribution in [-0.2, 0) is 14.3 Å². The number of amides is 1. The largest absolute Gasteiger partial charge is 0.460 e. The second kappa shape index (κ2) is 8.54. The number of hydrogen-bond donors (Lipinski definition) is 1. The highest BCUT2D eigenvalue weighted by molar-refractivity contribution is 5.76. The predicted molar refractivity (Wildman–Crippen MR) is 99.7 cm³/mol. The van der Waals surface area contributed by atoms with Gasteiger partial charge in [-0.05, 0) is 39.7 Å². The summed E-state index contributed by atoms with van der Waals surface area (Å²) >= 11 is 0. The van der Waals surface area contributed by atoms with E-state index in [4.69, 9.17) is 9.47 Å². The Morgan fingerprint density at radius 3 is 2.46 bits per heavy atom. The predicted octanol–water partition coefficient (Wildman–Crippen LogP) is 3.14. The van der Waals surface area contributed by atoms with E-state index in [2.05, 4.69) is 24.4 Å². The summed E-state index contributed by atoms with van der Waals surface area (Å²) in [5.74, 6) is -0.725. The van der Waals surface area contributed by atoms with Crippen molar-refractivity contribution < 1.29 is 19.1 Å². The molecule has 1 aliphatic heterocycles. The third kappa shape index (κ3) is 5.46. The third-order valence-electron chi connectivity index (χ3n) is 4.52. The van der Waals surface area contributed by atoms with Crippen LogP contribution in [0.4, 0.5) is 4.79 Å². The van der Waals surface area contributed by atoms with Crippen LogP contribution in [-0.4, -0.2) is 48.8 Å². The molecule has 1 saturated heterocycles. The number of carbonyl (C=O) groups excluding carboxylic acids is 2. The van der Waals surface area contributed by atoms with Crippen molar-refractivity contribution in [3.63, 3.8) is 0 Å². The van der Waals surface area contributed by atoms with Crippen molar-refractivity contribution in [1.82, 2.24) is 10.2 Å². The average molecular weight is 362 g/mol.